The van der Waals surface area contributed by atoms with Crippen LogP contribution in [0.2, 0.25) is 0 Å². The van der Waals surface area contributed by atoms with Crippen LogP contribution in [0.25, 0.3) is 0 Å². The molecule has 1 aromatic rings. The van der Waals surface area contributed by atoms with Gasteiger partial charge in [0.15, 0.2) is 0 Å². The first-order valence-electron chi connectivity index (χ1n) is 7.00. The third-order valence-corrected chi connectivity index (χ3v) is 4.11. The van der Waals surface area contributed by atoms with Crippen molar-refractivity contribution in [1.82, 2.24) is 5.32 Å². The molecule has 0 radical (unpaired) electrons. The number of carbonyl (C=O) groups is 1. The highest BCUT2D eigenvalue weighted by Crippen LogP contribution is 2.30. The van der Waals surface area contributed by atoms with Gasteiger partial charge in [0.05, 0.1) is 5.56 Å². The van der Waals surface area contributed by atoms with E-state index in [1.54, 1.807) is 0 Å². The van der Waals surface area contributed by atoms with Crippen molar-refractivity contribution in [2.75, 3.05) is 18.0 Å². The van der Waals surface area contributed by atoms with E-state index in [9.17, 15) is 4.79 Å². The molecule has 0 bridgehead atoms. The van der Waals surface area contributed by atoms with Gasteiger partial charge in [-0.25, -0.2) is 0 Å². The number of para-hydroxylation sites is 1. The van der Waals surface area contributed by atoms with Gasteiger partial charge in [-0.05, 0) is 25.0 Å². The predicted octanol–water partition coefficient (Wildman–Crippen LogP) is 2.57. The van der Waals surface area contributed by atoms with Gasteiger partial charge in [-0.15, -0.1) is 0 Å². The van der Waals surface area contributed by atoms with Crippen molar-refractivity contribution in [3.8, 4) is 0 Å². The molecule has 3 rings (SSSR count). The molecule has 2 aliphatic rings. The SMILES string of the molecule is O=C1NCCN(C2CCCCC2)c2ccccc21. The molecule has 0 atom stereocenters. The molecular weight excluding hydrogens is 224 g/mol. The van der Waals surface area contributed by atoms with E-state index in [4.69, 9.17) is 0 Å². The fourth-order valence-electron chi connectivity index (χ4n) is 3.19. The highest BCUT2D eigenvalue weighted by molar-refractivity contribution is 6.00. The molecule has 1 aliphatic carbocycles. The first-order chi connectivity index (χ1) is 8.86. The van der Waals surface area contributed by atoms with Crippen LogP contribution in [0, 0.1) is 0 Å². The molecule has 0 aromatic heterocycles. The standard InChI is InChI=1S/C15H20N2O/c18-15-13-8-4-5-9-14(13)17(11-10-16-15)12-6-2-1-3-7-12/h4-5,8-9,12H,1-3,6-7,10-11H2,(H,16,18). The quantitative estimate of drug-likeness (QED) is 0.823. The molecule has 0 unspecified atom stereocenters. The molecule has 1 saturated carbocycles. The van der Waals surface area contributed by atoms with Crippen LogP contribution in [-0.4, -0.2) is 25.0 Å². The van der Waals surface area contributed by atoms with Crippen LogP contribution < -0.4 is 10.2 Å². The van der Waals surface area contributed by atoms with E-state index in [1.807, 2.05) is 18.2 Å². The summed E-state index contributed by atoms with van der Waals surface area (Å²) in [5.74, 6) is 0.0731. The Hall–Kier alpha value is -1.51. The van der Waals surface area contributed by atoms with Crippen LogP contribution in [0.4, 0.5) is 5.69 Å². The molecule has 1 fully saturated rings. The molecule has 1 aliphatic heterocycles. The van der Waals surface area contributed by atoms with Crippen molar-refractivity contribution in [2.45, 2.75) is 38.1 Å². The molecular formula is C15H20N2O. The van der Waals surface area contributed by atoms with E-state index in [2.05, 4.69) is 16.3 Å². The van der Waals surface area contributed by atoms with Crippen LogP contribution in [0.1, 0.15) is 42.5 Å². The van der Waals surface area contributed by atoms with Gasteiger partial charge < -0.3 is 10.2 Å². The zero-order valence-corrected chi connectivity index (χ0v) is 10.7. The fraction of sp³-hybridized carbons (Fsp3) is 0.533. The van der Waals surface area contributed by atoms with Crippen molar-refractivity contribution in [1.29, 1.82) is 0 Å². The number of nitrogens with zero attached hydrogens (tertiary/aromatic N) is 1. The Balaban J connectivity index is 1.94. The summed E-state index contributed by atoms with van der Waals surface area (Å²) in [5, 5.41) is 2.99. The first-order valence-corrected chi connectivity index (χ1v) is 7.00. The lowest BCUT2D eigenvalue weighted by atomic mass is 9.93. The normalized spacial score (nSPS) is 21.1. The Morgan fingerprint density at radius 2 is 1.89 bits per heavy atom. The summed E-state index contributed by atoms with van der Waals surface area (Å²) in [6, 6.07) is 8.63. The number of amides is 1. The third-order valence-electron chi connectivity index (χ3n) is 4.11. The number of nitrogens with one attached hydrogen (secondary N) is 1. The summed E-state index contributed by atoms with van der Waals surface area (Å²) in [6.07, 6.45) is 6.55. The number of benzene rings is 1. The van der Waals surface area contributed by atoms with E-state index >= 15 is 0 Å². The number of hydrogen-bond donors (Lipinski definition) is 1. The van der Waals surface area contributed by atoms with Gasteiger partial charge in [-0.3, -0.25) is 4.79 Å². The summed E-state index contributed by atoms with van der Waals surface area (Å²) in [7, 11) is 0. The summed E-state index contributed by atoms with van der Waals surface area (Å²) in [4.78, 5) is 14.4. The highest BCUT2D eigenvalue weighted by atomic mass is 16.1. The Morgan fingerprint density at radius 1 is 1.11 bits per heavy atom. The molecule has 1 heterocycles. The van der Waals surface area contributed by atoms with E-state index in [1.165, 1.54) is 32.1 Å². The maximum Gasteiger partial charge on any atom is 0.253 e. The topological polar surface area (TPSA) is 32.3 Å². The van der Waals surface area contributed by atoms with Gasteiger partial charge in [0.2, 0.25) is 0 Å². The second-order valence-electron chi connectivity index (χ2n) is 5.26. The number of hydrogen-bond acceptors (Lipinski definition) is 2. The van der Waals surface area contributed by atoms with Crippen LogP contribution >= 0.6 is 0 Å². The Kier molecular flexibility index (Phi) is 3.22. The van der Waals surface area contributed by atoms with E-state index in [0.717, 1.165) is 24.3 Å². The second kappa shape index (κ2) is 5.01. The van der Waals surface area contributed by atoms with Crippen LogP contribution in [0.15, 0.2) is 24.3 Å². The molecule has 3 nitrogen and oxygen atoms in total. The molecule has 1 amide bonds. The van der Waals surface area contributed by atoms with Crippen LogP contribution in [0.5, 0.6) is 0 Å². The number of rotatable bonds is 1. The van der Waals surface area contributed by atoms with Crippen molar-refractivity contribution < 1.29 is 4.79 Å². The third kappa shape index (κ3) is 2.09. The minimum Gasteiger partial charge on any atom is -0.366 e. The molecule has 96 valence electrons. The molecule has 3 heteroatoms. The lowest BCUT2D eigenvalue weighted by Crippen LogP contribution is -2.39. The lowest BCUT2D eigenvalue weighted by molar-refractivity contribution is 0.0958. The van der Waals surface area contributed by atoms with Crippen LogP contribution in [0.3, 0.4) is 0 Å². The minimum absolute atomic E-state index is 0.0731. The van der Waals surface area contributed by atoms with Gasteiger partial charge in [0, 0.05) is 24.8 Å². The monoisotopic (exact) mass is 244 g/mol. The summed E-state index contributed by atoms with van der Waals surface area (Å²) in [5.41, 5.74) is 1.96. The minimum atomic E-state index is 0.0731. The Labute approximate surface area is 108 Å². The fourth-order valence-corrected chi connectivity index (χ4v) is 3.19. The second-order valence-corrected chi connectivity index (χ2v) is 5.26. The zero-order chi connectivity index (χ0) is 12.4. The molecule has 1 aromatic carbocycles. The average molecular weight is 244 g/mol. The van der Waals surface area contributed by atoms with Gasteiger partial charge in [-0.2, -0.15) is 0 Å². The van der Waals surface area contributed by atoms with Crippen LogP contribution in [-0.2, 0) is 0 Å². The predicted molar refractivity (Wildman–Crippen MR) is 73.0 cm³/mol. The van der Waals surface area contributed by atoms with Gasteiger partial charge in [0.25, 0.3) is 5.91 Å². The van der Waals surface area contributed by atoms with Crippen molar-refractivity contribution in [3.63, 3.8) is 0 Å². The Bertz CT molecular complexity index is 438. The summed E-state index contributed by atoms with van der Waals surface area (Å²) < 4.78 is 0. The summed E-state index contributed by atoms with van der Waals surface area (Å²) in [6.45, 7) is 1.69. The van der Waals surface area contributed by atoms with E-state index in [0.29, 0.717) is 6.04 Å². The first kappa shape index (κ1) is 11.6. The maximum atomic E-state index is 12.0. The molecule has 0 spiro atoms. The largest absolute Gasteiger partial charge is 0.366 e. The Morgan fingerprint density at radius 3 is 2.72 bits per heavy atom. The number of fused-ring (bicyclic) bond motifs is 1. The summed E-state index contributed by atoms with van der Waals surface area (Å²) >= 11 is 0. The number of carbonyl (C=O) groups excluding carboxylic acids is 1. The smallest absolute Gasteiger partial charge is 0.253 e. The number of anilines is 1. The van der Waals surface area contributed by atoms with Gasteiger partial charge in [-0.1, -0.05) is 31.4 Å². The van der Waals surface area contributed by atoms with Crippen molar-refractivity contribution >= 4 is 11.6 Å². The zero-order valence-electron chi connectivity index (χ0n) is 10.7. The van der Waals surface area contributed by atoms with E-state index < -0.39 is 0 Å². The van der Waals surface area contributed by atoms with Crippen molar-refractivity contribution in [3.05, 3.63) is 29.8 Å². The lowest BCUT2D eigenvalue weighted by Gasteiger charge is -2.35. The molecule has 18 heavy (non-hydrogen) atoms. The van der Waals surface area contributed by atoms with Gasteiger partial charge >= 0.3 is 0 Å². The average Bonchev–Trinajstić information content (AvgIpc) is 2.60. The van der Waals surface area contributed by atoms with Gasteiger partial charge in [0.1, 0.15) is 0 Å². The molecule has 0 saturated heterocycles. The maximum absolute atomic E-state index is 12.0. The van der Waals surface area contributed by atoms with Crippen molar-refractivity contribution in [2.24, 2.45) is 0 Å². The highest BCUT2D eigenvalue weighted by Gasteiger charge is 2.26. The molecule has 1 N–H and O–H groups in total. The van der Waals surface area contributed by atoms with E-state index in [-0.39, 0.29) is 5.91 Å².